The van der Waals surface area contributed by atoms with Gasteiger partial charge >= 0.3 is 0 Å². The van der Waals surface area contributed by atoms with Crippen molar-refractivity contribution >= 4 is 17.3 Å². The predicted octanol–water partition coefficient (Wildman–Crippen LogP) is 1.48. The molecule has 0 atom stereocenters. The van der Waals surface area contributed by atoms with Crippen molar-refractivity contribution in [2.45, 2.75) is 19.9 Å². The number of carbonyl (C=O) groups excluding carboxylic acids is 1. The number of nitrogens with one attached hydrogen (secondary N) is 1. The fraction of sp³-hybridized carbons (Fsp3) is 0.533. The summed E-state index contributed by atoms with van der Waals surface area (Å²) in [6.07, 6.45) is 0. The average molecular weight is 306 g/mol. The highest BCUT2D eigenvalue weighted by molar-refractivity contribution is 5.95. The highest BCUT2D eigenvalue weighted by atomic mass is 16.6. The Balaban J connectivity index is 2.28. The Morgan fingerprint density at radius 2 is 1.91 bits per heavy atom. The van der Waals surface area contributed by atoms with E-state index >= 15 is 0 Å². The van der Waals surface area contributed by atoms with Gasteiger partial charge < -0.3 is 15.1 Å². The summed E-state index contributed by atoms with van der Waals surface area (Å²) in [6, 6.07) is 4.69. The average Bonchev–Trinajstić information content (AvgIpc) is 2.46. The number of rotatable bonds is 4. The molecule has 7 nitrogen and oxygen atoms in total. The molecule has 1 aliphatic rings. The number of likely N-dealkylation sites (N-methyl/N-ethyl adjacent to an activating group) is 1. The highest BCUT2D eigenvalue weighted by Gasteiger charge is 2.24. The second-order valence-electron chi connectivity index (χ2n) is 5.88. The van der Waals surface area contributed by atoms with Gasteiger partial charge in [0.1, 0.15) is 5.69 Å². The summed E-state index contributed by atoms with van der Waals surface area (Å²) in [5.74, 6) is -0.289. The number of hydrogen-bond acceptors (Lipinski definition) is 5. The van der Waals surface area contributed by atoms with Gasteiger partial charge in [0.05, 0.1) is 4.92 Å². The zero-order chi connectivity index (χ0) is 16.3. The summed E-state index contributed by atoms with van der Waals surface area (Å²) in [5.41, 5.74) is 0.887. The van der Waals surface area contributed by atoms with Crippen LogP contribution in [0.25, 0.3) is 0 Å². The summed E-state index contributed by atoms with van der Waals surface area (Å²) in [4.78, 5) is 27.1. The lowest BCUT2D eigenvalue weighted by Crippen LogP contribution is -2.44. The number of nitro groups is 1. The Labute approximate surface area is 130 Å². The molecule has 1 aliphatic heterocycles. The molecule has 120 valence electrons. The number of amides is 1. The molecular formula is C15H22N4O3. The molecule has 22 heavy (non-hydrogen) atoms. The standard InChI is InChI=1S/C15H22N4O3/c1-11(2)16-15(20)12-4-5-13(14(10-12)19(21)22)18-8-6-17(3)7-9-18/h4-5,10-11H,6-9H2,1-3H3,(H,16,20). The number of carbonyl (C=O) groups is 1. The first-order chi connectivity index (χ1) is 10.4. The smallest absolute Gasteiger partial charge is 0.293 e. The zero-order valence-corrected chi connectivity index (χ0v) is 13.2. The summed E-state index contributed by atoms with van der Waals surface area (Å²) < 4.78 is 0. The van der Waals surface area contributed by atoms with Crippen molar-refractivity contribution in [1.29, 1.82) is 0 Å². The van der Waals surface area contributed by atoms with Gasteiger partial charge in [-0.05, 0) is 33.0 Å². The third-order valence-electron chi connectivity index (χ3n) is 3.70. The molecule has 1 aromatic carbocycles. The van der Waals surface area contributed by atoms with Gasteiger partial charge in [-0.15, -0.1) is 0 Å². The first-order valence-electron chi connectivity index (χ1n) is 7.41. The van der Waals surface area contributed by atoms with Crippen LogP contribution in [0.2, 0.25) is 0 Å². The van der Waals surface area contributed by atoms with Crippen molar-refractivity contribution in [1.82, 2.24) is 10.2 Å². The van der Waals surface area contributed by atoms with Gasteiger partial charge in [-0.1, -0.05) is 0 Å². The minimum Gasteiger partial charge on any atom is -0.363 e. The van der Waals surface area contributed by atoms with Gasteiger partial charge in [-0.3, -0.25) is 14.9 Å². The third kappa shape index (κ3) is 3.73. The molecule has 0 saturated carbocycles. The van der Waals surface area contributed by atoms with Gasteiger partial charge in [0, 0.05) is 43.9 Å². The molecule has 1 heterocycles. The topological polar surface area (TPSA) is 78.7 Å². The molecule has 0 unspecified atom stereocenters. The third-order valence-corrected chi connectivity index (χ3v) is 3.70. The van der Waals surface area contributed by atoms with Gasteiger partial charge in [0.2, 0.25) is 0 Å². The first kappa shape index (κ1) is 16.2. The molecule has 0 spiro atoms. The Kier molecular flexibility index (Phi) is 4.97. The quantitative estimate of drug-likeness (QED) is 0.673. The van der Waals surface area contributed by atoms with Crippen molar-refractivity contribution in [3.05, 3.63) is 33.9 Å². The zero-order valence-electron chi connectivity index (χ0n) is 13.2. The molecule has 2 rings (SSSR count). The van der Waals surface area contributed by atoms with Crippen LogP contribution < -0.4 is 10.2 Å². The number of nitro benzene ring substituents is 1. The lowest BCUT2D eigenvalue weighted by atomic mass is 10.1. The summed E-state index contributed by atoms with van der Waals surface area (Å²) in [6.45, 7) is 6.93. The van der Waals surface area contributed by atoms with Crippen LogP contribution in [0.4, 0.5) is 11.4 Å². The second-order valence-corrected chi connectivity index (χ2v) is 5.88. The van der Waals surface area contributed by atoms with E-state index in [1.54, 1.807) is 12.1 Å². The number of benzene rings is 1. The van der Waals surface area contributed by atoms with E-state index in [4.69, 9.17) is 0 Å². The Bertz CT molecular complexity index is 566. The van der Waals surface area contributed by atoms with E-state index in [-0.39, 0.29) is 17.6 Å². The number of hydrogen-bond donors (Lipinski definition) is 1. The lowest BCUT2D eigenvalue weighted by molar-refractivity contribution is -0.384. The molecule has 0 aromatic heterocycles. The Morgan fingerprint density at radius 3 is 2.45 bits per heavy atom. The van der Waals surface area contributed by atoms with Crippen LogP contribution in [0.1, 0.15) is 24.2 Å². The van der Waals surface area contributed by atoms with Crippen LogP contribution in [0.15, 0.2) is 18.2 Å². The SMILES string of the molecule is CC(C)NC(=O)c1ccc(N2CCN(C)CC2)c([N+](=O)[O-])c1. The van der Waals surface area contributed by atoms with Gasteiger partial charge in [-0.2, -0.15) is 0 Å². The maximum Gasteiger partial charge on any atom is 0.293 e. The van der Waals surface area contributed by atoms with E-state index in [0.29, 0.717) is 11.3 Å². The van der Waals surface area contributed by atoms with Crippen molar-refractivity contribution in [2.24, 2.45) is 0 Å². The summed E-state index contributed by atoms with van der Waals surface area (Å²) in [5, 5.41) is 14.1. The van der Waals surface area contributed by atoms with Crippen molar-refractivity contribution in [2.75, 3.05) is 38.1 Å². The molecule has 7 heteroatoms. The van der Waals surface area contributed by atoms with E-state index < -0.39 is 4.92 Å². The van der Waals surface area contributed by atoms with Crippen molar-refractivity contribution in [3.8, 4) is 0 Å². The van der Waals surface area contributed by atoms with E-state index in [1.807, 2.05) is 25.8 Å². The molecule has 1 aromatic rings. The van der Waals surface area contributed by atoms with Crippen LogP contribution in [0.3, 0.4) is 0 Å². The van der Waals surface area contributed by atoms with Crippen LogP contribution in [-0.2, 0) is 0 Å². The molecular weight excluding hydrogens is 284 g/mol. The van der Waals surface area contributed by atoms with E-state index in [0.717, 1.165) is 26.2 Å². The van der Waals surface area contributed by atoms with Crippen LogP contribution in [-0.4, -0.2) is 55.0 Å². The maximum atomic E-state index is 12.0. The Morgan fingerprint density at radius 1 is 1.27 bits per heavy atom. The van der Waals surface area contributed by atoms with Crippen LogP contribution in [0.5, 0.6) is 0 Å². The van der Waals surface area contributed by atoms with Crippen LogP contribution >= 0.6 is 0 Å². The van der Waals surface area contributed by atoms with E-state index in [1.165, 1.54) is 6.07 Å². The number of nitrogens with zero attached hydrogens (tertiary/aromatic N) is 3. The molecule has 0 aliphatic carbocycles. The number of anilines is 1. The highest BCUT2D eigenvalue weighted by Crippen LogP contribution is 2.30. The molecule has 1 amide bonds. The molecule has 0 bridgehead atoms. The summed E-state index contributed by atoms with van der Waals surface area (Å²) in [7, 11) is 2.03. The van der Waals surface area contributed by atoms with Gasteiger partial charge in [-0.25, -0.2) is 0 Å². The summed E-state index contributed by atoms with van der Waals surface area (Å²) >= 11 is 0. The van der Waals surface area contributed by atoms with Crippen LogP contribution in [0, 0.1) is 10.1 Å². The fourth-order valence-electron chi connectivity index (χ4n) is 2.47. The molecule has 1 fully saturated rings. The van der Waals surface area contributed by atoms with E-state index in [9.17, 15) is 14.9 Å². The minimum atomic E-state index is -0.417. The van der Waals surface area contributed by atoms with Crippen molar-refractivity contribution < 1.29 is 9.72 Å². The maximum absolute atomic E-state index is 12.0. The normalized spacial score (nSPS) is 15.9. The second kappa shape index (κ2) is 6.74. The molecule has 0 radical (unpaired) electrons. The molecule has 1 saturated heterocycles. The van der Waals surface area contributed by atoms with E-state index in [2.05, 4.69) is 10.2 Å². The monoisotopic (exact) mass is 306 g/mol. The van der Waals surface area contributed by atoms with Gasteiger partial charge in [0.25, 0.3) is 11.6 Å². The van der Waals surface area contributed by atoms with Crippen molar-refractivity contribution in [3.63, 3.8) is 0 Å². The largest absolute Gasteiger partial charge is 0.363 e. The van der Waals surface area contributed by atoms with Gasteiger partial charge in [0.15, 0.2) is 0 Å². The lowest BCUT2D eigenvalue weighted by Gasteiger charge is -2.33. The fourth-order valence-corrected chi connectivity index (χ4v) is 2.47. The molecule has 1 N–H and O–H groups in total. The number of piperazine rings is 1. The minimum absolute atomic E-state index is 0.0103. The predicted molar refractivity (Wildman–Crippen MR) is 85.4 cm³/mol. The first-order valence-corrected chi connectivity index (χ1v) is 7.41. The Hall–Kier alpha value is -2.15.